The van der Waals surface area contributed by atoms with Gasteiger partial charge in [0.15, 0.2) is 0 Å². The number of methoxy groups -OCH3 is 1. The lowest BCUT2D eigenvalue weighted by atomic mass is 10.1. The first-order valence-corrected chi connectivity index (χ1v) is 8.35. The van der Waals surface area contributed by atoms with Crippen LogP contribution >= 0.6 is 11.8 Å². The Kier molecular flexibility index (Phi) is 6.54. The van der Waals surface area contributed by atoms with Crippen LogP contribution in [0.25, 0.3) is 5.69 Å². The van der Waals surface area contributed by atoms with E-state index in [0.717, 1.165) is 17.7 Å². The fourth-order valence-corrected chi connectivity index (χ4v) is 2.72. The molecule has 2 aromatic rings. The van der Waals surface area contributed by atoms with Crippen molar-refractivity contribution in [3.8, 4) is 5.69 Å². The highest BCUT2D eigenvalue weighted by molar-refractivity contribution is 7.99. The maximum absolute atomic E-state index is 11.8. The van der Waals surface area contributed by atoms with Crippen LogP contribution in [0.1, 0.15) is 17.5 Å². The van der Waals surface area contributed by atoms with Crippen LogP contribution in [0, 0.1) is 13.8 Å². The molecule has 0 bridgehead atoms. The van der Waals surface area contributed by atoms with Crippen molar-refractivity contribution in [2.75, 3.05) is 26.0 Å². The number of tetrazole rings is 1. The summed E-state index contributed by atoms with van der Waals surface area (Å²) in [5.74, 6) is 0.236. The van der Waals surface area contributed by atoms with Gasteiger partial charge in [-0.2, -0.15) is 4.68 Å². The van der Waals surface area contributed by atoms with Crippen LogP contribution < -0.4 is 5.32 Å². The summed E-state index contributed by atoms with van der Waals surface area (Å²) in [4.78, 5) is 11.8. The maximum Gasteiger partial charge on any atom is 0.230 e. The van der Waals surface area contributed by atoms with E-state index in [0.29, 0.717) is 18.3 Å². The van der Waals surface area contributed by atoms with Crippen molar-refractivity contribution < 1.29 is 9.53 Å². The summed E-state index contributed by atoms with van der Waals surface area (Å²) in [7, 11) is 1.64. The molecule has 8 heteroatoms. The third-order valence-electron chi connectivity index (χ3n) is 3.42. The van der Waals surface area contributed by atoms with Crippen molar-refractivity contribution >= 4 is 17.7 Å². The van der Waals surface area contributed by atoms with Crippen molar-refractivity contribution in [3.05, 3.63) is 29.3 Å². The number of carbonyl (C=O) groups excluding carboxylic acids is 1. The molecule has 0 unspecified atom stereocenters. The third-order valence-corrected chi connectivity index (χ3v) is 4.34. The third kappa shape index (κ3) is 4.77. The van der Waals surface area contributed by atoms with Crippen LogP contribution in [0.4, 0.5) is 0 Å². The Morgan fingerprint density at radius 1 is 1.39 bits per heavy atom. The molecular weight excluding hydrogens is 314 g/mol. The minimum Gasteiger partial charge on any atom is -0.385 e. The predicted molar refractivity (Wildman–Crippen MR) is 88.9 cm³/mol. The highest BCUT2D eigenvalue weighted by atomic mass is 32.2. The molecule has 7 nitrogen and oxygen atoms in total. The number of aromatic nitrogens is 4. The van der Waals surface area contributed by atoms with E-state index < -0.39 is 0 Å². The molecule has 0 aliphatic heterocycles. The highest BCUT2D eigenvalue weighted by Crippen LogP contribution is 2.22. The topological polar surface area (TPSA) is 81.9 Å². The van der Waals surface area contributed by atoms with E-state index in [1.165, 1.54) is 17.3 Å². The van der Waals surface area contributed by atoms with Gasteiger partial charge in [0.05, 0.1) is 11.4 Å². The van der Waals surface area contributed by atoms with E-state index in [-0.39, 0.29) is 11.7 Å². The molecule has 0 fully saturated rings. The summed E-state index contributed by atoms with van der Waals surface area (Å²) in [6, 6.07) is 5.98. The second kappa shape index (κ2) is 8.64. The van der Waals surface area contributed by atoms with Crippen LogP contribution in [0.15, 0.2) is 23.4 Å². The van der Waals surface area contributed by atoms with Crippen LogP contribution in [0.5, 0.6) is 0 Å². The van der Waals surface area contributed by atoms with Gasteiger partial charge in [0, 0.05) is 20.3 Å². The number of aryl methyl sites for hydroxylation is 1. The zero-order chi connectivity index (χ0) is 16.7. The van der Waals surface area contributed by atoms with Crippen molar-refractivity contribution in [1.82, 2.24) is 25.5 Å². The van der Waals surface area contributed by atoms with Crippen molar-refractivity contribution in [2.45, 2.75) is 25.4 Å². The first-order valence-electron chi connectivity index (χ1n) is 7.37. The number of nitrogens with one attached hydrogen (secondary N) is 1. The van der Waals surface area contributed by atoms with Gasteiger partial charge in [-0.15, -0.1) is 5.10 Å². The Morgan fingerprint density at radius 3 is 3.00 bits per heavy atom. The van der Waals surface area contributed by atoms with Gasteiger partial charge in [-0.3, -0.25) is 4.79 Å². The van der Waals surface area contributed by atoms with Gasteiger partial charge in [0.2, 0.25) is 11.1 Å². The van der Waals surface area contributed by atoms with Crippen LogP contribution in [-0.4, -0.2) is 52.1 Å². The fourth-order valence-electron chi connectivity index (χ4n) is 2.01. The van der Waals surface area contributed by atoms with Crippen LogP contribution in [0.3, 0.4) is 0 Å². The van der Waals surface area contributed by atoms with Gasteiger partial charge >= 0.3 is 0 Å². The number of amides is 1. The molecule has 1 heterocycles. The number of hydrogen-bond donors (Lipinski definition) is 1. The monoisotopic (exact) mass is 335 g/mol. The smallest absolute Gasteiger partial charge is 0.230 e. The lowest BCUT2D eigenvalue weighted by Gasteiger charge is -2.09. The Hall–Kier alpha value is -1.93. The Morgan fingerprint density at radius 2 is 2.22 bits per heavy atom. The molecule has 124 valence electrons. The van der Waals surface area contributed by atoms with Gasteiger partial charge in [-0.05, 0) is 47.9 Å². The molecule has 23 heavy (non-hydrogen) atoms. The van der Waals surface area contributed by atoms with E-state index in [4.69, 9.17) is 4.74 Å². The summed E-state index contributed by atoms with van der Waals surface area (Å²) >= 11 is 1.32. The number of ether oxygens (including phenoxy) is 1. The van der Waals surface area contributed by atoms with E-state index in [1.54, 1.807) is 11.8 Å². The quantitative estimate of drug-likeness (QED) is 0.582. The van der Waals surface area contributed by atoms with Crippen molar-refractivity contribution in [1.29, 1.82) is 0 Å². The maximum atomic E-state index is 11.8. The summed E-state index contributed by atoms with van der Waals surface area (Å²) in [6.07, 6.45) is 0.799. The molecule has 0 spiro atoms. The number of rotatable bonds is 8. The number of thioether (sulfide) groups is 1. The van der Waals surface area contributed by atoms with E-state index in [9.17, 15) is 4.79 Å². The molecule has 0 saturated heterocycles. The zero-order valence-electron chi connectivity index (χ0n) is 13.6. The van der Waals surface area contributed by atoms with Gasteiger partial charge < -0.3 is 10.1 Å². The minimum atomic E-state index is -0.0402. The van der Waals surface area contributed by atoms with Crippen LogP contribution in [-0.2, 0) is 9.53 Å². The molecule has 1 N–H and O–H groups in total. The summed E-state index contributed by atoms with van der Waals surface area (Å²) in [5.41, 5.74) is 3.22. The molecule has 1 aromatic heterocycles. The Balaban J connectivity index is 1.96. The summed E-state index contributed by atoms with van der Waals surface area (Å²) in [6.45, 7) is 5.32. The molecule has 1 aromatic carbocycles. The largest absolute Gasteiger partial charge is 0.385 e. The molecule has 0 saturated carbocycles. The molecule has 0 radical (unpaired) electrons. The zero-order valence-corrected chi connectivity index (χ0v) is 14.4. The molecule has 1 amide bonds. The first-order chi connectivity index (χ1) is 11.1. The number of nitrogens with zero attached hydrogens (tertiary/aromatic N) is 4. The molecule has 0 atom stereocenters. The van der Waals surface area contributed by atoms with E-state index in [1.807, 2.05) is 32.0 Å². The standard InChI is InChI=1S/C15H21N5O2S/c1-11-6-4-7-13(12(11)2)20-15(17-18-19-20)23-10-14(21)16-8-5-9-22-3/h4,6-7H,5,8-10H2,1-3H3,(H,16,21). The van der Waals surface area contributed by atoms with Gasteiger partial charge in [-0.1, -0.05) is 23.9 Å². The second-order valence-electron chi connectivity index (χ2n) is 5.08. The average molecular weight is 335 g/mol. The Labute approximate surface area is 139 Å². The fraction of sp³-hybridized carbons (Fsp3) is 0.467. The number of benzene rings is 1. The van der Waals surface area contributed by atoms with Gasteiger partial charge in [0.1, 0.15) is 0 Å². The lowest BCUT2D eigenvalue weighted by molar-refractivity contribution is -0.118. The Bertz CT molecular complexity index is 659. The molecule has 0 aliphatic carbocycles. The molecular formula is C15H21N5O2S. The SMILES string of the molecule is COCCCNC(=O)CSc1nnnn1-c1cccc(C)c1C. The number of carbonyl (C=O) groups is 1. The molecule has 2 rings (SSSR count). The van der Waals surface area contributed by atoms with E-state index >= 15 is 0 Å². The van der Waals surface area contributed by atoms with Crippen molar-refractivity contribution in [2.24, 2.45) is 0 Å². The average Bonchev–Trinajstić information content (AvgIpc) is 3.00. The first kappa shape index (κ1) is 17.4. The highest BCUT2D eigenvalue weighted by Gasteiger charge is 2.13. The van der Waals surface area contributed by atoms with Gasteiger partial charge in [0.25, 0.3) is 0 Å². The van der Waals surface area contributed by atoms with Crippen LogP contribution in [0.2, 0.25) is 0 Å². The number of hydrogen-bond acceptors (Lipinski definition) is 6. The molecule has 0 aliphatic rings. The summed E-state index contributed by atoms with van der Waals surface area (Å²) in [5, 5.41) is 15.2. The van der Waals surface area contributed by atoms with E-state index in [2.05, 4.69) is 20.8 Å². The summed E-state index contributed by atoms with van der Waals surface area (Å²) < 4.78 is 6.61. The normalized spacial score (nSPS) is 10.7. The predicted octanol–water partition coefficient (Wildman–Crippen LogP) is 1.52. The van der Waals surface area contributed by atoms with Crippen molar-refractivity contribution in [3.63, 3.8) is 0 Å². The minimum absolute atomic E-state index is 0.0402. The second-order valence-corrected chi connectivity index (χ2v) is 6.02. The lowest BCUT2D eigenvalue weighted by Crippen LogP contribution is -2.27. The van der Waals surface area contributed by atoms with Gasteiger partial charge in [-0.25, -0.2) is 0 Å².